The van der Waals surface area contributed by atoms with E-state index < -0.39 is 0 Å². The topological polar surface area (TPSA) is 59.9 Å². The maximum atomic E-state index is 13.0. The van der Waals surface area contributed by atoms with Crippen molar-refractivity contribution < 1.29 is 9.13 Å². The van der Waals surface area contributed by atoms with Crippen molar-refractivity contribution in [3.63, 3.8) is 0 Å². The van der Waals surface area contributed by atoms with E-state index in [0.29, 0.717) is 22.5 Å². The summed E-state index contributed by atoms with van der Waals surface area (Å²) in [6, 6.07) is 4.28. The summed E-state index contributed by atoms with van der Waals surface area (Å²) in [6.45, 7) is 1.24. The van der Waals surface area contributed by atoms with Crippen LogP contribution in [0.1, 0.15) is 18.4 Å². The standard InChI is InChI=1S/C14H15ClFN3O2S/c15-12-6-10(16)4-3-9(12)8-22-14-18-17-13(20)19(14)7-11-2-1-5-21-11/h3-4,6,11H,1-2,5,7-8H2,(H,17,20)/t11-/m0/s1. The predicted octanol–water partition coefficient (Wildman–Crippen LogP) is 2.84. The lowest BCUT2D eigenvalue weighted by molar-refractivity contribution is 0.0941. The van der Waals surface area contributed by atoms with Crippen molar-refractivity contribution in [3.8, 4) is 0 Å². The van der Waals surface area contributed by atoms with E-state index in [1.54, 1.807) is 10.6 Å². The first-order valence-corrected chi connectivity index (χ1v) is 8.33. The molecule has 1 N–H and O–H groups in total. The third-order valence-electron chi connectivity index (χ3n) is 3.51. The van der Waals surface area contributed by atoms with Crippen LogP contribution in [0, 0.1) is 5.82 Å². The van der Waals surface area contributed by atoms with Crippen LogP contribution in [0.3, 0.4) is 0 Å². The van der Waals surface area contributed by atoms with Crippen LogP contribution in [0.2, 0.25) is 5.02 Å². The van der Waals surface area contributed by atoms with Crippen molar-refractivity contribution in [1.82, 2.24) is 14.8 Å². The molecule has 118 valence electrons. The lowest BCUT2D eigenvalue weighted by Crippen LogP contribution is -2.24. The van der Waals surface area contributed by atoms with Crippen LogP contribution in [0.15, 0.2) is 28.2 Å². The monoisotopic (exact) mass is 343 g/mol. The van der Waals surface area contributed by atoms with Crippen LogP contribution in [0.5, 0.6) is 0 Å². The highest BCUT2D eigenvalue weighted by Crippen LogP contribution is 2.26. The Labute approximate surface area is 135 Å². The van der Waals surface area contributed by atoms with E-state index >= 15 is 0 Å². The number of thioether (sulfide) groups is 1. The van der Waals surface area contributed by atoms with Crippen molar-refractivity contribution >= 4 is 23.4 Å². The van der Waals surface area contributed by atoms with Gasteiger partial charge >= 0.3 is 5.69 Å². The Kier molecular flexibility index (Phi) is 4.85. The van der Waals surface area contributed by atoms with Crippen LogP contribution >= 0.6 is 23.4 Å². The molecule has 0 saturated carbocycles. The number of benzene rings is 1. The quantitative estimate of drug-likeness (QED) is 0.848. The summed E-state index contributed by atoms with van der Waals surface area (Å²) in [4.78, 5) is 11.9. The fourth-order valence-electron chi connectivity index (χ4n) is 2.35. The normalized spacial score (nSPS) is 18.0. The minimum atomic E-state index is -0.367. The number of hydrogen-bond donors (Lipinski definition) is 1. The van der Waals surface area contributed by atoms with Gasteiger partial charge in [0.1, 0.15) is 5.82 Å². The molecule has 1 saturated heterocycles. The summed E-state index contributed by atoms with van der Waals surface area (Å²) in [5.41, 5.74) is 0.551. The first kappa shape index (κ1) is 15.6. The Bertz CT molecular complexity index is 712. The average molecular weight is 344 g/mol. The molecule has 1 atom stereocenters. The molecule has 0 spiro atoms. The van der Waals surface area contributed by atoms with Crippen molar-refractivity contribution in [3.05, 3.63) is 45.1 Å². The van der Waals surface area contributed by atoms with Gasteiger partial charge in [-0.05, 0) is 30.5 Å². The van der Waals surface area contributed by atoms with Crippen molar-refractivity contribution in [1.29, 1.82) is 0 Å². The van der Waals surface area contributed by atoms with E-state index in [4.69, 9.17) is 16.3 Å². The summed E-state index contributed by atoms with van der Waals surface area (Å²) in [5.74, 6) is 0.142. The fraction of sp³-hybridized carbons (Fsp3) is 0.429. The number of ether oxygens (including phenoxy) is 1. The van der Waals surface area contributed by atoms with E-state index in [1.165, 1.54) is 23.9 Å². The Hall–Kier alpha value is -1.31. The smallest absolute Gasteiger partial charge is 0.344 e. The first-order chi connectivity index (χ1) is 10.6. The van der Waals surface area contributed by atoms with E-state index in [1.807, 2.05) is 0 Å². The number of nitrogens with zero attached hydrogens (tertiary/aromatic N) is 2. The minimum absolute atomic E-state index is 0.0593. The second-order valence-electron chi connectivity index (χ2n) is 5.08. The molecule has 3 rings (SSSR count). The molecule has 1 aliphatic rings. The summed E-state index contributed by atoms with van der Waals surface area (Å²) < 4.78 is 20.2. The second kappa shape index (κ2) is 6.85. The Morgan fingerprint density at radius 1 is 1.55 bits per heavy atom. The van der Waals surface area contributed by atoms with Gasteiger partial charge < -0.3 is 4.74 Å². The number of nitrogens with one attached hydrogen (secondary N) is 1. The largest absolute Gasteiger partial charge is 0.376 e. The van der Waals surface area contributed by atoms with Crippen LogP contribution in [0.4, 0.5) is 4.39 Å². The number of H-pyrrole nitrogens is 1. The maximum Gasteiger partial charge on any atom is 0.344 e. The summed E-state index contributed by atoms with van der Waals surface area (Å²) in [7, 11) is 0. The van der Waals surface area contributed by atoms with E-state index in [2.05, 4.69) is 10.2 Å². The van der Waals surface area contributed by atoms with Gasteiger partial charge in [0.25, 0.3) is 0 Å². The van der Waals surface area contributed by atoms with E-state index in [0.717, 1.165) is 25.0 Å². The summed E-state index contributed by atoms with van der Waals surface area (Å²) in [5, 5.41) is 7.45. The Morgan fingerprint density at radius 3 is 3.14 bits per heavy atom. The zero-order valence-corrected chi connectivity index (χ0v) is 13.3. The zero-order valence-electron chi connectivity index (χ0n) is 11.7. The molecule has 22 heavy (non-hydrogen) atoms. The molecule has 0 amide bonds. The van der Waals surface area contributed by atoms with Crippen molar-refractivity contribution in [2.24, 2.45) is 0 Å². The molecule has 1 aromatic carbocycles. The molecular weight excluding hydrogens is 329 g/mol. The number of rotatable bonds is 5. The third-order valence-corrected chi connectivity index (χ3v) is 4.88. The summed E-state index contributed by atoms with van der Waals surface area (Å²) in [6.07, 6.45) is 2.03. The van der Waals surface area contributed by atoms with Gasteiger partial charge in [0.15, 0.2) is 5.16 Å². The van der Waals surface area contributed by atoms with Crippen molar-refractivity contribution in [2.75, 3.05) is 6.61 Å². The van der Waals surface area contributed by atoms with Crippen LogP contribution in [-0.2, 0) is 17.0 Å². The molecule has 1 fully saturated rings. The molecule has 8 heteroatoms. The van der Waals surface area contributed by atoms with Gasteiger partial charge in [-0.1, -0.05) is 29.4 Å². The highest BCUT2D eigenvalue weighted by molar-refractivity contribution is 7.98. The molecule has 0 radical (unpaired) electrons. The van der Waals surface area contributed by atoms with Gasteiger partial charge in [0, 0.05) is 17.4 Å². The highest BCUT2D eigenvalue weighted by atomic mass is 35.5. The van der Waals surface area contributed by atoms with Crippen LogP contribution < -0.4 is 5.69 Å². The molecule has 1 aliphatic heterocycles. The zero-order chi connectivity index (χ0) is 15.5. The lowest BCUT2D eigenvalue weighted by atomic mass is 10.2. The molecule has 2 heterocycles. The number of aromatic nitrogens is 3. The molecule has 5 nitrogen and oxygen atoms in total. The lowest BCUT2D eigenvalue weighted by Gasteiger charge is -2.11. The number of halogens is 2. The second-order valence-corrected chi connectivity index (χ2v) is 6.43. The van der Waals surface area contributed by atoms with Gasteiger partial charge in [-0.25, -0.2) is 14.3 Å². The molecule has 0 bridgehead atoms. The minimum Gasteiger partial charge on any atom is -0.376 e. The van der Waals surface area contributed by atoms with Gasteiger partial charge in [0.05, 0.1) is 12.6 Å². The van der Waals surface area contributed by atoms with Gasteiger partial charge in [-0.3, -0.25) is 4.57 Å². The predicted molar refractivity (Wildman–Crippen MR) is 82.8 cm³/mol. The first-order valence-electron chi connectivity index (χ1n) is 6.97. The average Bonchev–Trinajstić information content (AvgIpc) is 3.11. The van der Waals surface area contributed by atoms with Gasteiger partial charge in [0.2, 0.25) is 0 Å². The maximum absolute atomic E-state index is 13.0. The van der Waals surface area contributed by atoms with E-state index in [9.17, 15) is 9.18 Å². The SMILES string of the molecule is O=c1[nH]nc(SCc2ccc(F)cc2Cl)n1C[C@@H]1CCCO1. The van der Waals surface area contributed by atoms with Crippen LogP contribution in [-0.4, -0.2) is 27.5 Å². The summed E-state index contributed by atoms with van der Waals surface area (Å²) >= 11 is 7.39. The molecular formula is C14H15ClFN3O2S. The molecule has 2 aromatic rings. The highest BCUT2D eigenvalue weighted by Gasteiger charge is 2.19. The number of aromatic amines is 1. The Balaban J connectivity index is 1.71. The van der Waals surface area contributed by atoms with Crippen molar-refractivity contribution in [2.45, 2.75) is 36.4 Å². The fourth-order valence-corrected chi connectivity index (χ4v) is 3.62. The molecule has 1 aromatic heterocycles. The molecule has 0 unspecified atom stereocenters. The number of hydrogen-bond acceptors (Lipinski definition) is 4. The Morgan fingerprint density at radius 2 is 2.41 bits per heavy atom. The van der Waals surface area contributed by atoms with Crippen LogP contribution in [0.25, 0.3) is 0 Å². The van der Waals surface area contributed by atoms with Gasteiger partial charge in [-0.2, -0.15) is 0 Å². The third kappa shape index (κ3) is 3.53. The molecule has 0 aliphatic carbocycles. The van der Waals surface area contributed by atoms with Gasteiger partial charge in [-0.15, -0.1) is 5.10 Å². The van der Waals surface area contributed by atoms with E-state index in [-0.39, 0.29) is 17.6 Å².